The Morgan fingerprint density at radius 3 is 2.95 bits per heavy atom. The van der Waals surface area contributed by atoms with Crippen LogP contribution >= 0.6 is 11.3 Å². The molecule has 1 N–H and O–H groups in total. The van der Waals surface area contributed by atoms with Gasteiger partial charge >= 0.3 is 0 Å². The molecule has 1 aromatic carbocycles. The first-order chi connectivity index (χ1) is 9.80. The van der Waals surface area contributed by atoms with E-state index in [1.807, 2.05) is 40.4 Å². The topological polar surface area (TPSA) is 47.8 Å². The molecule has 0 aliphatic rings. The third-order valence-electron chi connectivity index (χ3n) is 3.01. The van der Waals surface area contributed by atoms with E-state index in [1.165, 1.54) is 0 Å². The number of nitrogens with zero attached hydrogens (tertiary/aromatic N) is 2. The van der Waals surface area contributed by atoms with Gasteiger partial charge in [-0.2, -0.15) is 0 Å². The number of nitrogens with one attached hydrogen (secondary N) is 1. The van der Waals surface area contributed by atoms with E-state index in [1.54, 1.807) is 25.6 Å². The Balaban J connectivity index is 1.78. The molecule has 0 amide bonds. The van der Waals surface area contributed by atoms with Crippen LogP contribution in [0.5, 0.6) is 11.5 Å². The van der Waals surface area contributed by atoms with Crippen LogP contribution in [0.2, 0.25) is 0 Å². The van der Waals surface area contributed by atoms with Gasteiger partial charge in [0, 0.05) is 23.8 Å². The van der Waals surface area contributed by atoms with Gasteiger partial charge in [-0.1, -0.05) is 0 Å². The maximum atomic E-state index is 5.34. The average molecular weight is 289 g/mol. The predicted octanol–water partition coefficient (Wildman–Crippen LogP) is 3.03. The Morgan fingerprint density at radius 2 is 2.20 bits per heavy atom. The summed E-state index contributed by atoms with van der Waals surface area (Å²) in [6, 6.07) is 5.67. The van der Waals surface area contributed by atoms with Crippen LogP contribution in [0.15, 0.2) is 36.0 Å². The van der Waals surface area contributed by atoms with E-state index in [0.717, 1.165) is 27.8 Å². The number of anilines is 1. The molecule has 0 atom stereocenters. The molecule has 0 saturated carbocycles. The van der Waals surface area contributed by atoms with Crippen LogP contribution in [0.4, 0.5) is 5.69 Å². The van der Waals surface area contributed by atoms with Crippen molar-refractivity contribution in [3.8, 4) is 11.5 Å². The summed E-state index contributed by atoms with van der Waals surface area (Å²) in [5.74, 6) is 1.57. The highest BCUT2D eigenvalue weighted by molar-refractivity contribution is 7.15. The number of hydrogen-bond acceptors (Lipinski definition) is 5. The summed E-state index contributed by atoms with van der Waals surface area (Å²) in [4.78, 5) is 5.53. The lowest BCUT2D eigenvalue weighted by Gasteiger charge is -2.11. The van der Waals surface area contributed by atoms with Crippen LogP contribution in [0.3, 0.4) is 0 Å². The van der Waals surface area contributed by atoms with Crippen molar-refractivity contribution in [1.82, 2.24) is 9.38 Å². The van der Waals surface area contributed by atoms with E-state index >= 15 is 0 Å². The molecule has 0 bridgehead atoms. The van der Waals surface area contributed by atoms with Crippen molar-refractivity contribution in [2.24, 2.45) is 0 Å². The van der Waals surface area contributed by atoms with Crippen molar-refractivity contribution in [1.29, 1.82) is 0 Å². The highest BCUT2D eigenvalue weighted by Crippen LogP contribution is 2.29. The summed E-state index contributed by atoms with van der Waals surface area (Å²) < 4.78 is 12.6. The van der Waals surface area contributed by atoms with Crippen molar-refractivity contribution in [2.75, 3.05) is 19.5 Å². The van der Waals surface area contributed by atoms with Crippen molar-refractivity contribution in [3.63, 3.8) is 0 Å². The Bertz CT molecular complexity index is 692. The largest absolute Gasteiger partial charge is 0.497 e. The molecule has 0 unspecified atom stereocenters. The van der Waals surface area contributed by atoms with Gasteiger partial charge in [0.05, 0.1) is 32.1 Å². The van der Waals surface area contributed by atoms with E-state index in [2.05, 4.69) is 10.3 Å². The minimum absolute atomic E-state index is 0.637. The summed E-state index contributed by atoms with van der Waals surface area (Å²) in [7, 11) is 3.30. The quantitative estimate of drug-likeness (QED) is 0.784. The minimum Gasteiger partial charge on any atom is -0.497 e. The summed E-state index contributed by atoms with van der Waals surface area (Å²) in [6.45, 7) is 0.637. The fourth-order valence-electron chi connectivity index (χ4n) is 2.00. The molecule has 6 heteroatoms. The molecule has 0 saturated heterocycles. The van der Waals surface area contributed by atoms with Gasteiger partial charge in [0.25, 0.3) is 0 Å². The standard InChI is InChI=1S/C14H15N3O2S/c1-18-11-3-4-13(19-2)12(7-11)15-8-10-9-17-5-6-20-14(17)16-10/h3-7,9,15H,8H2,1-2H3. The molecule has 5 nitrogen and oxygen atoms in total. The Kier molecular flexibility index (Phi) is 3.47. The zero-order valence-electron chi connectivity index (χ0n) is 11.3. The van der Waals surface area contributed by atoms with Gasteiger partial charge in [-0.15, -0.1) is 11.3 Å². The molecular formula is C14H15N3O2S. The molecule has 0 aliphatic heterocycles. The van der Waals surface area contributed by atoms with Crippen molar-refractivity contribution < 1.29 is 9.47 Å². The van der Waals surface area contributed by atoms with E-state index in [9.17, 15) is 0 Å². The van der Waals surface area contributed by atoms with Gasteiger partial charge < -0.3 is 14.8 Å². The number of imidazole rings is 1. The molecule has 2 heterocycles. The molecule has 0 fully saturated rings. The van der Waals surface area contributed by atoms with Crippen LogP contribution in [-0.2, 0) is 6.54 Å². The Morgan fingerprint density at radius 1 is 1.30 bits per heavy atom. The zero-order valence-corrected chi connectivity index (χ0v) is 12.1. The maximum Gasteiger partial charge on any atom is 0.193 e. The van der Waals surface area contributed by atoms with Crippen LogP contribution in [0, 0.1) is 0 Å². The third kappa shape index (κ3) is 2.42. The van der Waals surface area contributed by atoms with Crippen molar-refractivity contribution >= 4 is 22.0 Å². The Hall–Kier alpha value is -2.21. The number of aromatic nitrogens is 2. The van der Waals surface area contributed by atoms with E-state index < -0.39 is 0 Å². The highest BCUT2D eigenvalue weighted by atomic mass is 32.1. The molecular weight excluding hydrogens is 274 g/mol. The van der Waals surface area contributed by atoms with Gasteiger partial charge in [-0.3, -0.25) is 4.40 Å². The van der Waals surface area contributed by atoms with Gasteiger partial charge in [-0.25, -0.2) is 4.98 Å². The smallest absolute Gasteiger partial charge is 0.193 e. The first-order valence-corrected chi connectivity index (χ1v) is 7.05. The minimum atomic E-state index is 0.637. The van der Waals surface area contributed by atoms with Gasteiger partial charge in [-0.05, 0) is 12.1 Å². The predicted molar refractivity (Wildman–Crippen MR) is 79.9 cm³/mol. The summed E-state index contributed by atoms with van der Waals surface area (Å²) in [5.41, 5.74) is 1.88. The first-order valence-electron chi connectivity index (χ1n) is 6.17. The lowest BCUT2D eigenvalue weighted by Crippen LogP contribution is -2.02. The number of thiazole rings is 1. The number of rotatable bonds is 5. The molecule has 0 aliphatic carbocycles. The fraction of sp³-hybridized carbons (Fsp3) is 0.214. The number of ether oxygens (including phenoxy) is 2. The van der Waals surface area contributed by atoms with E-state index in [0.29, 0.717) is 6.54 Å². The van der Waals surface area contributed by atoms with Crippen LogP contribution in [0.25, 0.3) is 4.96 Å². The number of methoxy groups -OCH3 is 2. The first kappa shape index (κ1) is 12.8. The second kappa shape index (κ2) is 5.42. The van der Waals surface area contributed by atoms with Gasteiger partial charge in [0.15, 0.2) is 4.96 Å². The molecule has 0 spiro atoms. The van der Waals surface area contributed by atoms with Crippen molar-refractivity contribution in [2.45, 2.75) is 6.54 Å². The lowest BCUT2D eigenvalue weighted by atomic mass is 10.2. The molecule has 3 rings (SSSR count). The Labute approximate surface area is 120 Å². The van der Waals surface area contributed by atoms with E-state index in [-0.39, 0.29) is 0 Å². The number of fused-ring (bicyclic) bond motifs is 1. The zero-order chi connectivity index (χ0) is 13.9. The van der Waals surface area contributed by atoms with Gasteiger partial charge in [0.1, 0.15) is 11.5 Å². The van der Waals surface area contributed by atoms with E-state index in [4.69, 9.17) is 9.47 Å². The fourth-order valence-corrected chi connectivity index (χ4v) is 2.72. The molecule has 2 aromatic heterocycles. The molecule has 104 valence electrons. The maximum absolute atomic E-state index is 5.34. The summed E-state index contributed by atoms with van der Waals surface area (Å²) >= 11 is 1.62. The highest BCUT2D eigenvalue weighted by Gasteiger charge is 2.07. The van der Waals surface area contributed by atoms with Crippen molar-refractivity contribution in [3.05, 3.63) is 41.7 Å². The monoisotopic (exact) mass is 289 g/mol. The third-order valence-corrected chi connectivity index (χ3v) is 3.78. The van der Waals surface area contributed by atoms with Crippen LogP contribution in [-0.4, -0.2) is 23.6 Å². The summed E-state index contributed by atoms with van der Waals surface area (Å²) in [6.07, 6.45) is 4.02. The van der Waals surface area contributed by atoms with Gasteiger partial charge in [0.2, 0.25) is 0 Å². The average Bonchev–Trinajstić information content (AvgIpc) is 3.05. The normalized spacial score (nSPS) is 10.7. The second-order valence-electron chi connectivity index (χ2n) is 4.24. The molecule has 20 heavy (non-hydrogen) atoms. The molecule has 3 aromatic rings. The number of hydrogen-bond donors (Lipinski definition) is 1. The lowest BCUT2D eigenvalue weighted by molar-refractivity contribution is 0.404. The second-order valence-corrected chi connectivity index (χ2v) is 5.12. The van der Waals surface area contributed by atoms with Crippen LogP contribution < -0.4 is 14.8 Å². The number of benzene rings is 1. The van der Waals surface area contributed by atoms with Crippen LogP contribution in [0.1, 0.15) is 5.69 Å². The summed E-state index contributed by atoms with van der Waals surface area (Å²) in [5, 5.41) is 5.35. The molecule has 0 radical (unpaired) electrons. The SMILES string of the molecule is COc1ccc(OC)c(NCc2cn3ccsc3n2)c1.